The van der Waals surface area contributed by atoms with Crippen LogP contribution in [0.2, 0.25) is 0 Å². The number of thiophene rings is 1. The lowest BCUT2D eigenvalue weighted by molar-refractivity contribution is 0.0698. The summed E-state index contributed by atoms with van der Waals surface area (Å²) in [7, 11) is 0. The van der Waals surface area contributed by atoms with E-state index in [1.54, 1.807) is 47.7 Å². The molecule has 3 nitrogen and oxygen atoms in total. The minimum Gasteiger partial charge on any atom is -0.478 e. The van der Waals surface area contributed by atoms with Gasteiger partial charge in [0.05, 0.1) is 10.6 Å². The molecule has 0 spiro atoms. The quantitative estimate of drug-likeness (QED) is 0.660. The van der Waals surface area contributed by atoms with Crippen molar-refractivity contribution >= 4 is 22.3 Å². The normalized spacial score (nSPS) is 14.0. The van der Waals surface area contributed by atoms with Gasteiger partial charge in [0, 0.05) is 34.7 Å². The summed E-state index contributed by atoms with van der Waals surface area (Å²) in [4.78, 5) is 14.8. The fraction of sp³-hybridized carbons (Fsp3) is 0.190. The van der Waals surface area contributed by atoms with Gasteiger partial charge in [-0.25, -0.2) is 9.18 Å². The van der Waals surface area contributed by atoms with Crippen molar-refractivity contribution in [2.45, 2.75) is 12.8 Å². The van der Waals surface area contributed by atoms with Crippen LogP contribution in [0.4, 0.5) is 9.39 Å². The SMILES string of the molecule is O=C(O)c1ccccc1-c1sc(N2CCCC2)cc1-c1ccccc1F. The van der Waals surface area contributed by atoms with Crippen LogP contribution in [0.1, 0.15) is 23.2 Å². The number of benzene rings is 2. The average Bonchev–Trinajstić information content (AvgIpc) is 3.32. The first-order valence-electron chi connectivity index (χ1n) is 8.61. The molecule has 4 rings (SSSR count). The van der Waals surface area contributed by atoms with Gasteiger partial charge >= 0.3 is 5.97 Å². The monoisotopic (exact) mass is 367 g/mol. The molecule has 0 unspecified atom stereocenters. The molecule has 1 aromatic heterocycles. The van der Waals surface area contributed by atoms with E-state index in [0.29, 0.717) is 11.1 Å². The van der Waals surface area contributed by atoms with Crippen molar-refractivity contribution in [2.24, 2.45) is 0 Å². The molecule has 0 amide bonds. The molecule has 0 atom stereocenters. The maximum atomic E-state index is 14.5. The van der Waals surface area contributed by atoms with Gasteiger partial charge in [0.25, 0.3) is 0 Å². The first-order chi connectivity index (χ1) is 12.6. The second-order valence-electron chi connectivity index (χ2n) is 6.35. The molecule has 2 aromatic carbocycles. The van der Waals surface area contributed by atoms with Gasteiger partial charge in [-0.2, -0.15) is 0 Å². The Morgan fingerprint density at radius 1 is 0.962 bits per heavy atom. The van der Waals surface area contributed by atoms with Crippen molar-refractivity contribution in [3.63, 3.8) is 0 Å². The van der Waals surface area contributed by atoms with Crippen molar-refractivity contribution < 1.29 is 14.3 Å². The Bertz CT molecular complexity index is 960. The number of halogens is 1. The molecule has 26 heavy (non-hydrogen) atoms. The van der Waals surface area contributed by atoms with Crippen LogP contribution in [-0.2, 0) is 0 Å². The lowest BCUT2D eigenvalue weighted by Gasteiger charge is -2.14. The zero-order valence-corrected chi connectivity index (χ0v) is 14.9. The van der Waals surface area contributed by atoms with Crippen molar-refractivity contribution in [2.75, 3.05) is 18.0 Å². The molecule has 3 aromatic rings. The maximum Gasteiger partial charge on any atom is 0.336 e. The second-order valence-corrected chi connectivity index (χ2v) is 7.38. The van der Waals surface area contributed by atoms with Crippen LogP contribution >= 0.6 is 11.3 Å². The van der Waals surface area contributed by atoms with E-state index in [-0.39, 0.29) is 11.4 Å². The van der Waals surface area contributed by atoms with Gasteiger partial charge in [-0.3, -0.25) is 0 Å². The Hall–Kier alpha value is -2.66. The number of carboxylic acid groups (broad SMARTS) is 1. The number of nitrogens with zero attached hydrogens (tertiary/aromatic N) is 1. The Balaban J connectivity index is 1.93. The fourth-order valence-corrected chi connectivity index (χ4v) is 4.68. The first-order valence-corrected chi connectivity index (χ1v) is 9.43. The summed E-state index contributed by atoms with van der Waals surface area (Å²) in [5.74, 6) is -1.27. The predicted molar refractivity (Wildman–Crippen MR) is 104 cm³/mol. The molecule has 132 valence electrons. The number of carboxylic acids is 1. The zero-order chi connectivity index (χ0) is 18.1. The summed E-state index contributed by atoms with van der Waals surface area (Å²) in [6, 6.07) is 15.6. The molecule has 5 heteroatoms. The van der Waals surface area contributed by atoms with Gasteiger partial charge in [-0.1, -0.05) is 36.4 Å². The van der Waals surface area contributed by atoms with Crippen molar-refractivity contribution in [3.8, 4) is 21.6 Å². The van der Waals surface area contributed by atoms with Gasteiger partial charge < -0.3 is 10.0 Å². The summed E-state index contributed by atoms with van der Waals surface area (Å²) in [6.07, 6.45) is 2.29. The van der Waals surface area contributed by atoms with Crippen LogP contribution < -0.4 is 4.90 Å². The molecule has 0 aliphatic carbocycles. The lowest BCUT2D eigenvalue weighted by atomic mass is 9.99. The highest BCUT2D eigenvalue weighted by Gasteiger charge is 2.23. The van der Waals surface area contributed by atoms with Crippen LogP contribution in [0.25, 0.3) is 21.6 Å². The second kappa shape index (κ2) is 6.92. The molecule has 1 N–H and O–H groups in total. The zero-order valence-electron chi connectivity index (χ0n) is 14.1. The van der Waals surface area contributed by atoms with Crippen LogP contribution in [0.5, 0.6) is 0 Å². The minimum atomic E-state index is -0.976. The Labute approximate surface area is 155 Å². The molecule has 1 saturated heterocycles. The molecule has 1 fully saturated rings. The molecule has 0 saturated carbocycles. The third-order valence-electron chi connectivity index (χ3n) is 4.70. The molecule has 0 bridgehead atoms. The summed E-state index contributed by atoms with van der Waals surface area (Å²) in [5, 5.41) is 10.6. The molecular formula is C21H18FNO2S. The number of hydrogen-bond donors (Lipinski definition) is 1. The van der Waals surface area contributed by atoms with E-state index in [1.807, 2.05) is 12.1 Å². The third-order valence-corrected chi connectivity index (χ3v) is 5.93. The maximum absolute atomic E-state index is 14.5. The molecule has 2 heterocycles. The Kier molecular flexibility index (Phi) is 4.47. The standard InChI is InChI=1S/C21H18FNO2S/c22-18-10-4-3-7-14(18)17-13-19(23-11-5-6-12-23)26-20(17)15-8-1-2-9-16(15)21(24)25/h1-4,7-10,13H,5-6,11-12H2,(H,24,25). The number of anilines is 1. The third kappa shape index (κ3) is 2.99. The highest BCUT2D eigenvalue weighted by molar-refractivity contribution is 7.20. The average molecular weight is 367 g/mol. The van der Waals surface area contributed by atoms with Gasteiger partial charge in [-0.05, 0) is 31.0 Å². The van der Waals surface area contributed by atoms with Gasteiger partial charge in [-0.15, -0.1) is 11.3 Å². The lowest BCUT2D eigenvalue weighted by Crippen LogP contribution is -2.15. The smallest absolute Gasteiger partial charge is 0.336 e. The predicted octanol–water partition coefficient (Wildman–Crippen LogP) is 5.52. The summed E-state index contributed by atoms with van der Waals surface area (Å²) >= 11 is 1.54. The van der Waals surface area contributed by atoms with E-state index in [0.717, 1.165) is 41.4 Å². The van der Waals surface area contributed by atoms with E-state index >= 15 is 0 Å². The number of rotatable bonds is 4. The van der Waals surface area contributed by atoms with Crippen molar-refractivity contribution in [1.82, 2.24) is 0 Å². The fourth-order valence-electron chi connectivity index (χ4n) is 3.42. The first kappa shape index (κ1) is 16.8. The number of carbonyl (C=O) groups is 1. The summed E-state index contributed by atoms with van der Waals surface area (Å²) in [5.41, 5.74) is 2.13. The van der Waals surface area contributed by atoms with Crippen molar-refractivity contribution in [1.29, 1.82) is 0 Å². The van der Waals surface area contributed by atoms with Crippen LogP contribution in [0.15, 0.2) is 54.6 Å². The highest BCUT2D eigenvalue weighted by atomic mass is 32.1. The molecule has 0 radical (unpaired) electrons. The van der Waals surface area contributed by atoms with E-state index in [9.17, 15) is 14.3 Å². The minimum absolute atomic E-state index is 0.236. The Morgan fingerprint density at radius 2 is 1.62 bits per heavy atom. The largest absolute Gasteiger partial charge is 0.478 e. The molecule has 1 aliphatic rings. The van der Waals surface area contributed by atoms with Gasteiger partial charge in [0.2, 0.25) is 0 Å². The molecular weight excluding hydrogens is 349 g/mol. The highest BCUT2D eigenvalue weighted by Crippen LogP contribution is 2.45. The summed E-state index contributed by atoms with van der Waals surface area (Å²) < 4.78 is 14.5. The Morgan fingerprint density at radius 3 is 2.31 bits per heavy atom. The van der Waals surface area contributed by atoms with Crippen LogP contribution in [0.3, 0.4) is 0 Å². The van der Waals surface area contributed by atoms with E-state index in [2.05, 4.69) is 4.90 Å². The van der Waals surface area contributed by atoms with Crippen LogP contribution in [0, 0.1) is 5.82 Å². The van der Waals surface area contributed by atoms with Gasteiger partial charge in [0.15, 0.2) is 0 Å². The van der Waals surface area contributed by atoms with E-state index in [4.69, 9.17) is 0 Å². The summed E-state index contributed by atoms with van der Waals surface area (Å²) in [6.45, 7) is 1.97. The topological polar surface area (TPSA) is 40.5 Å². The van der Waals surface area contributed by atoms with Crippen LogP contribution in [-0.4, -0.2) is 24.2 Å². The van der Waals surface area contributed by atoms with Crippen molar-refractivity contribution in [3.05, 3.63) is 66.0 Å². The van der Waals surface area contributed by atoms with E-state index < -0.39 is 5.97 Å². The molecule has 1 aliphatic heterocycles. The van der Waals surface area contributed by atoms with E-state index in [1.165, 1.54) is 6.07 Å². The number of aromatic carboxylic acids is 1. The van der Waals surface area contributed by atoms with Gasteiger partial charge in [0.1, 0.15) is 5.82 Å². The number of hydrogen-bond acceptors (Lipinski definition) is 3.